The van der Waals surface area contributed by atoms with Crippen LogP contribution in [0.15, 0.2) is 0 Å². The van der Waals surface area contributed by atoms with Crippen LogP contribution < -0.4 is 0 Å². The van der Waals surface area contributed by atoms with E-state index in [4.69, 9.17) is 27.7 Å². The molecule has 6 nitrogen and oxygen atoms in total. The minimum atomic E-state index is -4.92. The van der Waals surface area contributed by atoms with Gasteiger partial charge in [0.2, 0.25) is 10.4 Å². The van der Waals surface area contributed by atoms with E-state index in [1.165, 1.54) is 0 Å². The number of rotatable bonds is 0. The third-order valence-corrected chi connectivity index (χ3v) is 0. The second-order valence-corrected chi connectivity index (χ2v) is 1.37. The molecule has 0 unspecified atom stereocenters. The van der Waals surface area contributed by atoms with Gasteiger partial charge in [-0.05, 0) is 6.08 Å². The SMILES string of the molecule is O=S(=O)([O-])O.[Ba+2].[N-]=C=O. The summed E-state index contributed by atoms with van der Waals surface area (Å²) in [4.78, 5) is 8.24. The minimum absolute atomic E-state index is 0. The summed E-state index contributed by atoms with van der Waals surface area (Å²) in [7, 11) is -4.92. The molecule has 0 heterocycles. The van der Waals surface area contributed by atoms with Gasteiger partial charge in [0, 0.05) is 0 Å². The van der Waals surface area contributed by atoms with Gasteiger partial charge in [0.25, 0.3) is 0 Å². The first kappa shape index (κ1) is 16.4. The van der Waals surface area contributed by atoms with Crippen LogP contribution in [0.25, 0.3) is 5.41 Å². The molecular weight excluding hydrogens is 275 g/mol. The maximum atomic E-state index is 8.63. The molecule has 0 rings (SSSR count). The molecule has 0 aromatic carbocycles. The summed E-state index contributed by atoms with van der Waals surface area (Å²) in [5, 5.41) is 6.76. The van der Waals surface area contributed by atoms with Crippen molar-refractivity contribution in [3.05, 3.63) is 5.41 Å². The molecule has 0 bridgehead atoms. The normalized spacial score (nSPS) is 7.33. The number of nitrogens with zero attached hydrogens (tertiary/aromatic N) is 1. The van der Waals surface area contributed by atoms with Crippen molar-refractivity contribution in [1.82, 2.24) is 0 Å². The fourth-order valence-corrected chi connectivity index (χ4v) is 0. The van der Waals surface area contributed by atoms with E-state index in [2.05, 4.69) is 0 Å². The van der Waals surface area contributed by atoms with E-state index in [-0.39, 0.29) is 48.9 Å². The second-order valence-electron chi connectivity index (χ2n) is 0.519. The number of carbonyl (C=O) groups excluding carboxylic acids is 1. The third-order valence-electron chi connectivity index (χ3n) is 0. The molecule has 0 atom stereocenters. The van der Waals surface area contributed by atoms with Crippen molar-refractivity contribution in [2.45, 2.75) is 0 Å². The van der Waals surface area contributed by atoms with Gasteiger partial charge in [-0.3, -0.25) is 9.35 Å². The van der Waals surface area contributed by atoms with Crippen LogP contribution in [0.1, 0.15) is 0 Å². The first-order valence-electron chi connectivity index (χ1n) is 1.11. The number of isocyanates is 1. The largest absolute Gasteiger partial charge is 2.00 e. The second kappa shape index (κ2) is 8.82. The molecule has 0 saturated carbocycles. The van der Waals surface area contributed by atoms with Gasteiger partial charge in [0.1, 0.15) is 0 Å². The average Bonchev–Trinajstić information content (AvgIpc) is 1.27. The van der Waals surface area contributed by atoms with E-state index in [9.17, 15) is 0 Å². The van der Waals surface area contributed by atoms with Crippen LogP contribution >= 0.6 is 0 Å². The molecule has 9 heavy (non-hydrogen) atoms. The van der Waals surface area contributed by atoms with Crippen molar-refractivity contribution in [3.63, 3.8) is 0 Å². The molecule has 0 aliphatic heterocycles. The molecule has 48 valence electrons. The Bertz CT molecular complexity index is 157. The summed E-state index contributed by atoms with van der Waals surface area (Å²) < 4.78 is 32.8. The van der Waals surface area contributed by atoms with Gasteiger partial charge in [-0.25, -0.2) is 8.42 Å². The quantitative estimate of drug-likeness (QED) is 0.190. The van der Waals surface area contributed by atoms with Crippen molar-refractivity contribution in [3.8, 4) is 0 Å². The molecule has 0 saturated heterocycles. The number of hydrogen-bond donors (Lipinski definition) is 1. The van der Waals surface area contributed by atoms with E-state index >= 15 is 0 Å². The van der Waals surface area contributed by atoms with E-state index in [1.807, 2.05) is 0 Å². The van der Waals surface area contributed by atoms with Crippen molar-refractivity contribution in [1.29, 1.82) is 0 Å². The summed E-state index contributed by atoms with van der Waals surface area (Å²) >= 11 is 0. The first-order chi connectivity index (χ1) is 3.41. The topological polar surface area (TPSA) is 117 Å². The molecule has 0 fully saturated rings. The molecule has 0 aliphatic carbocycles. The Balaban J connectivity index is -0.0000000800. The van der Waals surface area contributed by atoms with Crippen LogP contribution in [-0.2, 0) is 15.2 Å². The van der Waals surface area contributed by atoms with Crippen LogP contribution in [0.3, 0.4) is 0 Å². The van der Waals surface area contributed by atoms with Gasteiger partial charge in [-0.2, -0.15) is 0 Å². The van der Waals surface area contributed by atoms with Gasteiger partial charge in [0.05, 0.1) is 0 Å². The predicted molar refractivity (Wildman–Crippen MR) is 27.1 cm³/mol. The van der Waals surface area contributed by atoms with Crippen molar-refractivity contribution < 1.29 is 22.3 Å². The fraction of sp³-hybridized carbons (Fsp3) is 0. The zero-order chi connectivity index (χ0) is 7.21. The molecule has 0 aliphatic rings. The molecule has 0 spiro atoms. The molecular formula is CHBaNO5S. The Hall–Kier alpha value is 0.821. The van der Waals surface area contributed by atoms with E-state index in [0.29, 0.717) is 6.08 Å². The third kappa shape index (κ3) is 608. The van der Waals surface area contributed by atoms with Gasteiger partial charge >= 0.3 is 48.9 Å². The van der Waals surface area contributed by atoms with Gasteiger partial charge in [-0.15, -0.1) is 0 Å². The summed E-state index contributed by atoms with van der Waals surface area (Å²) in [5.74, 6) is 0. The van der Waals surface area contributed by atoms with E-state index in [0.717, 1.165) is 0 Å². The maximum absolute atomic E-state index is 8.63. The van der Waals surface area contributed by atoms with E-state index in [1.54, 1.807) is 0 Å². The van der Waals surface area contributed by atoms with Crippen LogP contribution in [0.2, 0.25) is 0 Å². The van der Waals surface area contributed by atoms with Gasteiger partial charge < -0.3 is 9.96 Å². The minimum Gasteiger partial charge on any atom is -0.726 e. The monoisotopic (exact) mass is 277 g/mol. The van der Waals surface area contributed by atoms with Crippen LogP contribution in [0, 0.1) is 0 Å². The molecule has 0 amide bonds. The zero-order valence-corrected chi connectivity index (χ0v) is 9.40. The Morgan fingerprint density at radius 1 is 1.56 bits per heavy atom. The predicted octanol–water partition coefficient (Wildman–Crippen LogP) is -1.48. The van der Waals surface area contributed by atoms with Crippen LogP contribution in [0.5, 0.6) is 0 Å². The van der Waals surface area contributed by atoms with Crippen molar-refractivity contribution in [2.75, 3.05) is 0 Å². The van der Waals surface area contributed by atoms with Crippen LogP contribution in [0.4, 0.5) is 0 Å². The maximum Gasteiger partial charge on any atom is 2.00 e. The molecule has 0 aromatic rings. The van der Waals surface area contributed by atoms with Crippen molar-refractivity contribution >= 4 is 65.4 Å². The van der Waals surface area contributed by atoms with Gasteiger partial charge in [0.15, 0.2) is 0 Å². The first-order valence-corrected chi connectivity index (χ1v) is 2.48. The van der Waals surface area contributed by atoms with Crippen molar-refractivity contribution in [2.24, 2.45) is 0 Å². The summed E-state index contributed by atoms with van der Waals surface area (Å²) in [6, 6.07) is 0. The molecule has 1 N–H and O–H groups in total. The number of hydrogen-bond acceptors (Lipinski definition) is 4. The summed E-state index contributed by atoms with van der Waals surface area (Å²) in [5.41, 5.74) is 0. The standard InChI is InChI=1S/CNO.Ba.H2O4S/c2-1-3;;1-5(2,3)4/h;;(H2,1,2,3,4)/q-1;+2;/p-1. The zero-order valence-electron chi connectivity index (χ0n) is 4.14. The Kier molecular flexibility index (Phi) is 16.1. The smallest absolute Gasteiger partial charge is 0.726 e. The summed E-state index contributed by atoms with van der Waals surface area (Å²) in [6.07, 6.45) is 0.500. The molecule has 0 radical (unpaired) electrons. The Labute approximate surface area is 91.8 Å². The van der Waals surface area contributed by atoms with E-state index < -0.39 is 10.4 Å². The Morgan fingerprint density at radius 3 is 1.56 bits per heavy atom. The van der Waals surface area contributed by atoms with Gasteiger partial charge in [-0.1, -0.05) is 0 Å². The fourth-order valence-electron chi connectivity index (χ4n) is 0. The summed E-state index contributed by atoms with van der Waals surface area (Å²) in [6.45, 7) is 0. The average molecular weight is 276 g/mol. The Morgan fingerprint density at radius 2 is 1.56 bits per heavy atom. The molecule has 0 aromatic heterocycles. The molecule has 8 heteroatoms. The van der Waals surface area contributed by atoms with Crippen LogP contribution in [-0.4, -0.2) is 72.5 Å².